The number of nitriles is 1. The van der Waals surface area contributed by atoms with Gasteiger partial charge in [0.25, 0.3) is 0 Å². The second-order valence-electron chi connectivity index (χ2n) is 6.00. The molecule has 112 valence electrons. The van der Waals surface area contributed by atoms with E-state index in [9.17, 15) is 10.1 Å². The molecule has 2 N–H and O–H groups in total. The molecular weight excluding hydrogens is 266 g/mol. The van der Waals surface area contributed by atoms with Crippen LogP contribution >= 0.6 is 0 Å². The van der Waals surface area contributed by atoms with Gasteiger partial charge in [0, 0.05) is 18.5 Å². The minimum atomic E-state index is -1.08. The average Bonchev–Trinajstić information content (AvgIpc) is 2.42. The Morgan fingerprint density at radius 3 is 2.71 bits per heavy atom. The fraction of sp³-hybridized carbons (Fsp3) is 0.500. The van der Waals surface area contributed by atoms with Crippen molar-refractivity contribution in [3.05, 3.63) is 29.8 Å². The third-order valence-electron chi connectivity index (χ3n) is 3.76. The van der Waals surface area contributed by atoms with Crippen molar-refractivity contribution in [2.75, 3.05) is 6.54 Å². The molecular formula is C16H21N3O2. The van der Waals surface area contributed by atoms with E-state index in [4.69, 9.17) is 10.5 Å². The second kappa shape index (κ2) is 5.28. The van der Waals surface area contributed by atoms with E-state index in [0.29, 0.717) is 24.3 Å². The second-order valence-corrected chi connectivity index (χ2v) is 6.00. The van der Waals surface area contributed by atoms with Crippen molar-refractivity contribution >= 4 is 6.03 Å². The van der Waals surface area contributed by atoms with Gasteiger partial charge in [-0.1, -0.05) is 25.1 Å². The molecule has 0 saturated carbocycles. The highest BCUT2D eigenvalue weighted by Crippen LogP contribution is 2.46. The summed E-state index contributed by atoms with van der Waals surface area (Å²) in [5, 5.41) is 9.91. The zero-order valence-corrected chi connectivity index (χ0v) is 12.7. The summed E-state index contributed by atoms with van der Waals surface area (Å²) < 4.78 is 5.95. The van der Waals surface area contributed by atoms with Gasteiger partial charge in [0.1, 0.15) is 11.4 Å². The van der Waals surface area contributed by atoms with E-state index in [0.717, 1.165) is 6.42 Å². The number of hydrogen-bond acceptors (Lipinski definition) is 3. The lowest BCUT2D eigenvalue weighted by Crippen LogP contribution is -2.57. The number of fused-ring (bicyclic) bond motifs is 1. The number of amides is 2. The summed E-state index contributed by atoms with van der Waals surface area (Å²) in [5.74, 6) is 0.637. The summed E-state index contributed by atoms with van der Waals surface area (Å²) in [6.45, 7) is 6.23. The predicted molar refractivity (Wildman–Crippen MR) is 79.6 cm³/mol. The van der Waals surface area contributed by atoms with Crippen LogP contribution in [0.2, 0.25) is 0 Å². The first kappa shape index (κ1) is 15.2. The maximum absolute atomic E-state index is 11.9. The first-order valence-electron chi connectivity index (χ1n) is 7.13. The average molecular weight is 287 g/mol. The normalized spacial score (nSPS) is 22.6. The van der Waals surface area contributed by atoms with E-state index in [-0.39, 0.29) is 0 Å². The van der Waals surface area contributed by atoms with Crippen molar-refractivity contribution < 1.29 is 9.53 Å². The molecule has 1 atom stereocenters. The maximum atomic E-state index is 11.9. The highest BCUT2D eigenvalue weighted by molar-refractivity contribution is 5.74. The summed E-state index contributed by atoms with van der Waals surface area (Å²) in [7, 11) is 0. The fourth-order valence-corrected chi connectivity index (χ4v) is 3.06. The van der Waals surface area contributed by atoms with Crippen LogP contribution in [0.25, 0.3) is 0 Å². The number of rotatable bonds is 3. The molecule has 1 aliphatic heterocycles. The van der Waals surface area contributed by atoms with Crippen molar-refractivity contribution in [3.63, 3.8) is 0 Å². The van der Waals surface area contributed by atoms with Crippen LogP contribution in [0, 0.1) is 11.3 Å². The summed E-state index contributed by atoms with van der Waals surface area (Å²) >= 11 is 0. The SMILES string of the molecule is CCCN(C(N)=O)C1(C#N)CC(C)(C)Oc2ccccc21. The van der Waals surface area contributed by atoms with E-state index in [1.807, 2.05) is 45.0 Å². The quantitative estimate of drug-likeness (QED) is 0.928. The van der Waals surface area contributed by atoms with Crippen LogP contribution in [0.3, 0.4) is 0 Å². The smallest absolute Gasteiger partial charge is 0.316 e. The zero-order chi connectivity index (χ0) is 15.7. The molecule has 0 aromatic heterocycles. The van der Waals surface area contributed by atoms with Gasteiger partial charge in [0.05, 0.1) is 6.07 Å². The molecule has 5 nitrogen and oxygen atoms in total. The molecule has 0 fully saturated rings. The number of urea groups is 1. The summed E-state index contributed by atoms with van der Waals surface area (Å²) in [6.07, 6.45) is 1.12. The van der Waals surface area contributed by atoms with Crippen LogP contribution in [-0.4, -0.2) is 23.1 Å². The molecule has 2 amide bonds. The molecule has 1 unspecified atom stereocenters. The Morgan fingerprint density at radius 1 is 1.48 bits per heavy atom. The number of ether oxygens (including phenoxy) is 1. The molecule has 2 rings (SSSR count). The van der Waals surface area contributed by atoms with Crippen molar-refractivity contribution in [1.82, 2.24) is 4.90 Å². The molecule has 0 aliphatic carbocycles. The minimum Gasteiger partial charge on any atom is -0.487 e. The van der Waals surface area contributed by atoms with Crippen molar-refractivity contribution in [2.24, 2.45) is 5.73 Å². The lowest BCUT2D eigenvalue weighted by atomic mass is 9.77. The number of carbonyl (C=O) groups excluding carboxylic acids is 1. The molecule has 1 aromatic carbocycles. The van der Waals surface area contributed by atoms with Gasteiger partial charge in [-0.05, 0) is 26.3 Å². The largest absolute Gasteiger partial charge is 0.487 e. The van der Waals surface area contributed by atoms with Gasteiger partial charge < -0.3 is 15.4 Å². The molecule has 21 heavy (non-hydrogen) atoms. The summed E-state index contributed by atoms with van der Waals surface area (Å²) in [5.41, 5.74) is 4.63. The van der Waals surface area contributed by atoms with Gasteiger partial charge in [-0.25, -0.2) is 4.79 Å². The molecule has 1 heterocycles. The van der Waals surface area contributed by atoms with Crippen LogP contribution in [-0.2, 0) is 5.54 Å². The van der Waals surface area contributed by atoms with Gasteiger partial charge in [0.2, 0.25) is 0 Å². The minimum absolute atomic E-state index is 0.385. The summed E-state index contributed by atoms with van der Waals surface area (Å²) in [4.78, 5) is 13.4. The van der Waals surface area contributed by atoms with E-state index < -0.39 is 17.2 Å². The Bertz CT molecular complexity index is 591. The van der Waals surface area contributed by atoms with Crippen molar-refractivity contribution in [2.45, 2.75) is 44.8 Å². The van der Waals surface area contributed by atoms with Gasteiger partial charge in [-0.3, -0.25) is 0 Å². The van der Waals surface area contributed by atoms with Crippen molar-refractivity contribution in [3.8, 4) is 11.8 Å². The third kappa shape index (κ3) is 2.54. The Balaban J connectivity index is 2.66. The number of nitrogens with two attached hydrogens (primary N) is 1. The third-order valence-corrected chi connectivity index (χ3v) is 3.76. The van der Waals surface area contributed by atoms with Crippen LogP contribution in [0.5, 0.6) is 5.75 Å². The summed E-state index contributed by atoms with van der Waals surface area (Å²) in [6, 6.07) is 9.13. The Labute approximate surface area is 125 Å². The predicted octanol–water partition coefficient (Wildman–Crippen LogP) is 2.76. The molecule has 0 spiro atoms. The van der Waals surface area contributed by atoms with Crippen LogP contribution in [0.15, 0.2) is 24.3 Å². The maximum Gasteiger partial charge on any atom is 0.316 e. The highest BCUT2D eigenvalue weighted by Gasteiger charge is 2.50. The van der Waals surface area contributed by atoms with E-state index in [2.05, 4.69) is 6.07 Å². The van der Waals surface area contributed by atoms with Crippen LogP contribution < -0.4 is 10.5 Å². The van der Waals surface area contributed by atoms with Crippen LogP contribution in [0.4, 0.5) is 4.79 Å². The lowest BCUT2D eigenvalue weighted by molar-refractivity contribution is 0.0146. The standard InChI is InChI=1S/C16H21N3O2/c1-4-9-19(14(18)20)16(11-17)10-15(2,3)21-13-8-6-5-7-12(13)16/h5-8H,4,9-10H2,1-3H3,(H2,18,20). The number of primary amides is 1. The zero-order valence-electron chi connectivity index (χ0n) is 12.7. The van der Waals surface area contributed by atoms with Gasteiger partial charge in [-0.2, -0.15) is 5.26 Å². The number of nitrogens with zero attached hydrogens (tertiary/aromatic N) is 2. The topological polar surface area (TPSA) is 79.4 Å². The van der Waals surface area contributed by atoms with Gasteiger partial charge in [-0.15, -0.1) is 0 Å². The molecule has 0 bridgehead atoms. The molecule has 5 heteroatoms. The molecule has 1 aromatic rings. The van der Waals surface area contributed by atoms with Gasteiger partial charge in [0.15, 0.2) is 5.54 Å². The number of benzene rings is 1. The molecule has 0 saturated heterocycles. The fourth-order valence-electron chi connectivity index (χ4n) is 3.06. The van der Waals surface area contributed by atoms with E-state index in [1.165, 1.54) is 4.90 Å². The first-order valence-corrected chi connectivity index (χ1v) is 7.13. The lowest BCUT2D eigenvalue weighted by Gasteiger charge is -2.47. The Kier molecular flexibility index (Phi) is 3.82. The number of para-hydroxylation sites is 1. The number of hydrogen-bond donors (Lipinski definition) is 1. The molecule has 1 aliphatic rings. The van der Waals surface area contributed by atoms with Gasteiger partial charge >= 0.3 is 6.03 Å². The first-order chi connectivity index (χ1) is 9.86. The molecule has 0 radical (unpaired) electrons. The Hall–Kier alpha value is -2.22. The monoisotopic (exact) mass is 287 g/mol. The van der Waals surface area contributed by atoms with Crippen LogP contribution in [0.1, 0.15) is 39.2 Å². The van der Waals surface area contributed by atoms with E-state index >= 15 is 0 Å². The van der Waals surface area contributed by atoms with Crippen molar-refractivity contribution in [1.29, 1.82) is 5.26 Å². The van der Waals surface area contributed by atoms with E-state index in [1.54, 1.807) is 0 Å². The number of carbonyl (C=O) groups is 1. The highest BCUT2D eigenvalue weighted by atomic mass is 16.5. The Morgan fingerprint density at radius 2 is 2.14 bits per heavy atom.